The van der Waals surface area contributed by atoms with Crippen molar-refractivity contribution in [3.05, 3.63) is 28.3 Å². The second-order valence-corrected chi connectivity index (χ2v) is 5.15. The Kier molecular flexibility index (Phi) is 4.79. The van der Waals surface area contributed by atoms with Crippen molar-refractivity contribution < 1.29 is 9.66 Å². The summed E-state index contributed by atoms with van der Waals surface area (Å²) in [4.78, 5) is 12.7. The lowest BCUT2D eigenvalue weighted by atomic mass is 10.0. The number of nitro benzene ring substituents is 1. The van der Waals surface area contributed by atoms with E-state index >= 15 is 0 Å². The van der Waals surface area contributed by atoms with Crippen LogP contribution in [0.4, 0.5) is 11.4 Å². The van der Waals surface area contributed by atoms with E-state index in [1.54, 1.807) is 6.07 Å². The number of nitrogens with one attached hydrogen (secondary N) is 1. The summed E-state index contributed by atoms with van der Waals surface area (Å²) in [7, 11) is 3.66. The monoisotopic (exact) mass is 279 g/mol. The van der Waals surface area contributed by atoms with Gasteiger partial charge < -0.3 is 15.0 Å². The maximum absolute atomic E-state index is 10.8. The predicted molar refractivity (Wildman–Crippen MR) is 78.4 cm³/mol. The zero-order valence-corrected chi connectivity index (χ0v) is 12.0. The fourth-order valence-electron chi connectivity index (χ4n) is 2.57. The number of nitrogens with zero attached hydrogens (tertiary/aromatic N) is 2. The van der Waals surface area contributed by atoms with Gasteiger partial charge >= 0.3 is 0 Å². The normalized spacial score (nSPS) is 19.6. The van der Waals surface area contributed by atoms with Crippen molar-refractivity contribution in [2.75, 3.05) is 32.6 Å². The van der Waals surface area contributed by atoms with Crippen LogP contribution in [0.25, 0.3) is 0 Å². The van der Waals surface area contributed by atoms with E-state index in [-0.39, 0.29) is 5.69 Å². The fraction of sp³-hybridized carbons (Fsp3) is 0.571. The second-order valence-electron chi connectivity index (χ2n) is 5.15. The number of piperidine rings is 1. The van der Waals surface area contributed by atoms with Crippen LogP contribution in [0, 0.1) is 10.1 Å². The predicted octanol–water partition coefficient (Wildman–Crippen LogP) is 2.50. The van der Waals surface area contributed by atoms with Crippen LogP contribution in [0.2, 0.25) is 0 Å². The lowest BCUT2D eigenvalue weighted by molar-refractivity contribution is -0.384. The first-order valence-corrected chi connectivity index (χ1v) is 6.88. The van der Waals surface area contributed by atoms with E-state index in [1.165, 1.54) is 38.5 Å². The lowest BCUT2D eigenvalue weighted by Gasteiger charge is -2.32. The van der Waals surface area contributed by atoms with Crippen molar-refractivity contribution in [2.24, 2.45) is 0 Å². The van der Waals surface area contributed by atoms with Crippen LogP contribution < -0.4 is 10.1 Å². The smallest absolute Gasteiger partial charge is 0.273 e. The molecule has 1 aliphatic heterocycles. The molecule has 1 aliphatic rings. The number of hydrogen-bond donors (Lipinski definition) is 1. The fourth-order valence-corrected chi connectivity index (χ4v) is 2.57. The minimum absolute atomic E-state index is 0.0437. The lowest BCUT2D eigenvalue weighted by Crippen LogP contribution is -2.40. The quantitative estimate of drug-likeness (QED) is 0.662. The van der Waals surface area contributed by atoms with E-state index < -0.39 is 4.92 Å². The van der Waals surface area contributed by atoms with Gasteiger partial charge in [0.25, 0.3) is 5.69 Å². The Balaban J connectivity index is 2.03. The number of non-ortho nitro benzene ring substituents is 1. The first-order valence-electron chi connectivity index (χ1n) is 6.88. The molecule has 0 amide bonds. The third-order valence-electron chi connectivity index (χ3n) is 3.85. The number of nitro groups is 1. The van der Waals surface area contributed by atoms with Gasteiger partial charge in [0.15, 0.2) is 0 Å². The Morgan fingerprint density at radius 2 is 2.30 bits per heavy atom. The Bertz CT molecular complexity index is 479. The highest BCUT2D eigenvalue weighted by Crippen LogP contribution is 2.29. The molecule has 1 N–H and O–H groups in total. The molecule has 0 bridgehead atoms. The molecule has 1 unspecified atom stereocenters. The molecule has 0 spiro atoms. The first kappa shape index (κ1) is 14.6. The minimum atomic E-state index is -0.415. The summed E-state index contributed by atoms with van der Waals surface area (Å²) in [6.07, 6.45) is 3.70. The molecule has 1 aromatic rings. The molecule has 110 valence electrons. The highest BCUT2D eigenvalue weighted by Gasteiger charge is 2.19. The molecular formula is C14H21N3O3. The Labute approximate surface area is 118 Å². The Morgan fingerprint density at radius 1 is 1.50 bits per heavy atom. The first-order chi connectivity index (χ1) is 9.61. The zero-order valence-electron chi connectivity index (χ0n) is 12.0. The number of methoxy groups -OCH3 is 1. The molecule has 6 heteroatoms. The topological polar surface area (TPSA) is 67.6 Å². The minimum Gasteiger partial charge on any atom is -0.494 e. The molecule has 20 heavy (non-hydrogen) atoms. The summed E-state index contributed by atoms with van der Waals surface area (Å²) in [5.74, 6) is 0.512. The highest BCUT2D eigenvalue weighted by atomic mass is 16.6. The summed E-state index contributed by atoms with van der Waals surface area (Å²) in [6, 6.07) is 5.16. The van der Waals surface area contributed by atoms with E-state index in [9.17, 15) is 10.1 Å². The average Bonchev–Trinajstić information content (AvgIpc) is 2.46. The van der Waals surface area contributed by atoms with E-state index in [2.05, 4.69) is 17.3 Å². The van der Waals surface area contributed by atoms with Crippen LogP contribution >= 0.6 is 0 Å². The third kappa shape index (κ3) is 3.39. The van der Waals surface area contributed by atoms with Gasteiger partial charge in [0.05, 0.1) is 23.8 Å². The summed E-state index contributed by atoms with van der Waals surface area (Å²) in [6.45, 7) is 1.95. The maximum atomic E-state index is 10.8. The van der Waals surface area contributed by atoms with Crippen molar-refractivity contribution in [1.82, 2.24) is 4.90 Å². The summed E-state index contributed by atoms with van der Waals surface area (Å²) < 4.78 is 5.22. The molecule has 0 saturated carbocycles. The van der Waals surface area contributed by atoms with E-state index in [0.29, 0.717) is 11.8 Å². The number of likely N-dealkylation sites (tertiary alicyclic amines) is 1. The summed E-state index contributed by atoms with van der Waals surface area (Å²) in [5, 5.41) is 14.1. The standard InChI is InChI=1S/C14H21N3O3/c1-16-8-4-3-5-12(16)10-15-13-7-6-11(17(18)19)9-14(13)20-2/h6-7,9,12,15H,3-5,8,10H2,1-2H3. The molecule has 1 fully saturated rings. The molecular weight excluding hydrogens is 258 g/mol. The summed E-state index contributed by atoms with van der Waals surface area (Å²) in [5.41, 5.74) is 0.847. The van der Waals surface area contributed by atoms with Gasteiger partial charge in [-0.15, -0.1) is 0 Å². The molecule has 6 nitrogen and oxygen atoms in total. The van der Waals surface area contributed by atoms with Crippen LogP contribution in [-0.2, 0) is 0 Å². The second kappa shape index (κ2) is 6.56. The van der Waals surface area contributed by atoms with Gasteiger partial charge in [-0.3, -0.25) is 10.1 Å². The van der Waals surface area contributed by atoms with Gasteiger partial charge in [-0.2, -0.15) is 0 Å². The molecule has 1 saturated heterocycles. The maximum Gasteiger partial charge on any atom is 0.273 e. The van der Waals surface area contributed by atoms with Gasteiger partial charge in [0.2, 0.25) is 0 Å². The Hall–Kier alpha value is -1.82. The summed E-state index contributed by atoms with van der Waals surface area (Å²) >= 11 is 0. The van der Waals surface area contributed by atoms with E-state index in [0.717, 1.165) is 18.8 Å². The number of likely N-dealkylation sites (N-methyl/N-ethyl adjacent to an activating group) is 1. The third-order valence-corrected chi connectivity index (χ3v) is 3.85. The SMILES string of the molecule is COc1cc([N+](=O)[O-])ccc1NCC1CCCCN1C. The molecule has 1 atom stereocenters. The van der Waals surface area contributed by atoms with Crippen LogP contribution in [-0.4, -0.2) is 43.1 Å². The number of benzene rings is 1. The largest absolute Gasteiger partial charge is 0.494 e. The molecule has 0 aromatic heterocycles. The Morgan fingerprint density at radius 3 is 2.95 bits per heavy atom. The van der Waals surface area contributed by atoms with Gasteiger partial charge in [-0.1, -0.05) is 6.42 Å². The van der Waals surface area contributed by atoms with Crippen LogP contribution in [0.1, 0.15) is 19.3 Å². The highest BCUT2D eigenvalue weighted by molar-refractivity contribution is 5.60. The molecule has 1 aromatic carbocycles. The van der Waals surface area contributed by atoms with E-state index in [4.69, 9.17) is 4.74 Å². The average molecular weight is 279 g/mol. The van der Waals surface area contributed by atoms with Gasteiger partial charge in [-0.25, -0.2) is 0 Å². The molecule has 0 aliphatic carbocycles. The molecule has 1 heterocycles. The molecule has 2 rings (SSSR count). The van der Waals surface area contributed by atoms with Crippen LogP contribution in [0.3, 0.4) is 0 Å². The van der Waals surface area contributed by atoms with Gasteiger partial charge in [0.1, 0.15) is 5.75 Å². The molecule has 0 radical (unpaired) electrons. The number of rotatable bonds is 5. The van der Waals surface area contributed by atoms with Crippen molar-refractivity contribution in [1.29, 1.82) is 0 Å². The van der Waals surface area contributed by atoms with Crippen molar-refractivity contribution >= 4 is 11.4 Å². The van der Waals surface area contributed by atoms with Gasteiger partial charge in [-0.05, 0) is 32.5 Å². The van der Waals surface area contributed by atoms with Gasteiger partial charge in [0, 0.05) is 18.7 Å². The van der Waals surface area contributed by atoms with Crippen molar-refractivity contribution in [3.63, 3.8) is 0 Å². The van der Waals surface area contributed by atoms with Crippen molar-refractivity contribution in [2.45, 2.75) is 25.3 Å². The van der Waals surface area contributed by atoms with E-state index in [1.807, 2.05) is 0 Å². The van der Waals surface area contributed by atoms with Crippen LogP contribution in [0.15, 0.2) is 18.2 Å². The van der Waals surface area contributed by atoms with Crippen molar-refractivity contribution in [3.8, 4) is 5.75 Å². The number of hydrogen-bond acceptors (Lipinski definition) is 5. The van der Waals surface area contributed by atoms with Crippen LogP contribution in [0.5, 0.6) is 5.75 Å². The zero-order chi connectivity index (χ0) is 14.5. The number of ether oxygens (including phenoxy) is 1. The number of anilines is 1.